The van der Waals surface area contributed by atoms with E-state index < -0.39 is 0 Å². The molecule has 4 nitrogen and oxygen atoms in total. The first kappa shape index (κ1) is 18.2. The Morgan fingerprint density at radius 2 is 2.14 bits per heavy atom. The second kappa shape index (κ2) is 9.23. The van der Waals surface area contributed by atoms with Gasteiger partial charge in [0.25, 0.3) is 0 Å². The number of hydrogen-bond donors (Lipinski definition) is 2. The fraction of sp³-hybridized carbons (Fsp3) is 0.533. The van der Waals surface area contributed by atoms with Gasteiger partial charge in [0.15, 0.2) is 5.11 Å². The van der Waals surface area contributed by atoms with Crippen LogP contribution in [0.1, 0.15) is 12.0 Å². The van der Waals surface area contributed by atoms with Gasteiger partial charge in [-0.05, 0) is 30.4 Å². The van der Waals surface area contributed by atoms with Crippen LogP contribution in [0.4, 0.5) is 0 Å². The fourth-order valence-electron chi connectivity index (χ4n) is 1.97. The molecule has 0 aliphatic heterocycles. The summed E-state index contributed by atoms with van der Waals surface area (Å²) in [5.74, 6) is 0.879. The lowest BCUT2D eigenvalue weighted by atomic mass is 10.2. The Morgan fingerprint density at radius 1 is 1.43 bits per heavy atom. The van der Waals surface area contributed by atoms with E-state index in [4.69, 9.17) is 17.0 Å². The van der Waals surface area contributed by atoms with E-state index in [9.17, 15) is 0 Å². The minimum Gasteiger partial charge on any atom is -0.496 e. The lowest BCUT2D eigenvalue weighted by molar-refractivity contribution is -0.858. The Morgan fingerprint density at radius 3 is 2.76 bits per heavy atom. The zero-order valence-corrected chi connectivity index (χ0v) is 15.6. The summed E-state index contributed by atoms with van der Waals surface area (Å²) in [6.45, 7) is 2.76. The van der Waals surface area contributed by atoms with Crippen molar-refractivity contribution in [1.82, 2.24) is 10.2 Å². The molecule has 1 aromatic carbocycles. The monoisotopic (exact) mass is 374 g/mol. The number of methoxy groups -OCH3 is 1. The molecule has 0 heterocycles. The van der Waals surface area contributed by atoms with Crippen LogP contribution in [0.3, 0.4) is 0 Å². The maximum Gasteiger partial charge on any atom is 0.168 e. The molecule has 0 unspecified atom stereocenters. The molecule has 0 aliphatic rings. The highest BCUT2D eigenvalue weighted by molar-refractivity contribution is 9.10. The van der Waals surface area contributed by atoms with Crippen molar-refractivity contribution in [2.45, 2.75) is 13.0 Å². The largest absolute Gasteiger partial charge is 0.496 e. The smallest absolute Gasteiger partial charge is 0.168 e. The predicted octanol–water partition coefficient (Wildman–Crippen LogP) is 1.30. The molecule has 0 saturated carbocycles. The van der Waals surface area contributed by atoms with Gasteiger partial charge in [-0.2, -0.15) is 0 Å². The summed E-state index contributed by atoms with van der Waals surface area (Å²) in [6, 6.07) is 6.00. The van der Waals surface area contributed by atoms with Crippen molar-refractivity contribution in [3.63, 3.8) is 0 Å². The normalized spacial score (nSPS) is 10.6. The number of rotatable bonds is 7. The highest BCUT2D eigenvalue weighted by Gasteiger charge is 2.09. The van der Waals surface area contributed by atoms with Gasteiger partial charge in [0.05, 0.1) is 27.7 Å². The Labute approximate surface area is 141 Å². The van der Waals surface area contributed by atoms with Crippen molar-refractivity contribution < 1.29 is 9.64 Å². The second-order valence-corrected chi connectivity index (χ2v) is 6.66. The molecule has 0 radical (unpaired) electrons. The second-order valence-electron chi connectivity index (χ2n) is 5.35. The van der Waals surface area contributed by atoms with Crippen LogP contribution < -0.4 is 15.0 Å². The SMILES string of the molecule is COc1ccc(Br)cc1CN(C)C(=S)NCCC[NH+](C)C. The molecule has 0 aromatic heterocycles. The van der Waals surface area contributed by atoms with Crippen LogP contribution in [0.25, 0.3) is 0 Å². The van der Waals surface area contributed by atoms with E-state index in [-0.39, 0.29) is 0 Å². The number of ether oxygens (including phenoxy) is 1. The molecule has 1 rings (SSSR count). The number of hydrogen-bond acceptors (Lipinski definition) is 2. The molecule has 0 amide bonds. The summed E-state index contributed by atoms with van der Waals surface area (Å²) in [5.41, 5.74) is 1.11. The van der Waals surface area contributed by atoms with Crippen LogP contribution in [0.15, 0.2) is 22.7 Å². The predicted molar refractivity (Wildman–Crippen MR) is 95.1 cm³/mol. The molecule has 0 aliphatic carbocycles. The van der Waals surface area contributed by atoms with E-state index in [2.05, 4.69) is 41.4 Å². The van der Waals surface area contributed by atoms with Crippen molar-refractivity contribution >= 4 is 33.3 Å². The number of benzene rings is 1. The number of halogens is 1. The van der Waals surface area contributed by atoms with Gasteiger partial charge in [0, 0.05) is 36.6 Å². The number of thiocarbonyl (C=S) groups is 1. The van der Waals surface area contributed by atoms with E-state index in [1.54, 1.807) is 7.11 Å². The third-order valence-electron chi connectivity index (χ3n) is 3.13. The zero-order chi connectivity index (χ0) is 15.8. The highest BCUT2D eigenvalue weighted by Crippen LogP contribution is 2.24. The summed E-state index contributed by atoms with van der Waals surface area (Å²) in [6.07, 6.45) is 1.11. The van der Waals surface area contributed by atoms with Crippen LogP contribution >= 0.6 is 28.1 Å². The van der Waals surface area contributed by atoms with Crippen LogP contribution in [0, 0.1) is 0 Å². The van der Waals surface area contributed by atoms with Gasteiger partial charge < -0.3 is 19.9 Å². The van der Waals surface area contributed by atoms with E-state index in [1.165, 1.54) is 4.90 Å². The molecular weight excluding hydrogens is 350 g/mol. The summed E-state index contributed by atoms with van der Waals surface area (Å²) in [7, 11) is 7.99. The van der Waals surface area contributed by atoms with Gasteiger partial charge in [-0.15, -0.1) is 0 Å². The average Bonchev–Trinajstić information content (AvgIpc) is 2.43. The van der Waals surface area contributed by atoms with Gasteiger partial charge in [0.2, 0.25) is 0 Å². The minimum atomic E-state index is 0.716. The molecule has 0 spiro atoms. The molecule has 2 N–H and O–H groups in total. The maximum atomic E-state index is 5.42. The molecule has 0 atom stereocenters. The lowest BCUT2D eigenvalue weighted by Gasteiger charge is -2.22. The zero-order valence-electron chi connectivity index (χ0n) is 13.2. The Bertz CT molecular complexity index is 468. The third kappa shape index (κ3) is 6.63. The van der Waals surface area contributed by atoms with E-state index >= 15 is 0 Å². The topological polar surface area (TPSA) is 28.9 Å². The Balaban J connectivity index is 2.50. The summed E-state index contributed by atoms with van der Waals surface area (Å²) < 4.78 is 6.43. The first-order chi connectivity index (χ1) is 9.93. The molecule has 6 heteroatoms. The molecule has 0 bridgehead atoms. The Hall–Kier alpha value is -0.850. The summed E-state index contributed by atoms with van der Waals surface area (Å²) in [5, 5.41) is 4.07. The van der Waals surface area contributed by atoms with Crippen molar-refractivity contribution in [2.75, 3.05) is 41.3 Å². The van der Waals surface area contributed by atoms with E-state index in [0.29, 0.717) is 6.54 Å². The van der Waals surface area contributed by atoms with Gasteiger partial charge in [0.1, 0.15) is 5.75 Å². The van der Waals surface area contributed by atoms with Gasteiger partial charge in [-0.1, -0.05) is 15.9 Å². The van der Waals surface area contributed by atoms with Crippen molar-refractivity contribution in [1.29, 1.82) is 0 Å². The Kier molecular flexibility index (Phi) is 8.00. The quantitative estimate of drug-likeness (QED) is 0.555. The van der Waals surface area contributed by atoms with Gasteiger partial charge >= 0.3 is 0 Å². The lowest BCUT2D eigenvalue weighted by Crippen LogP contribution is -3.05. The van der Waals surface area contributed by atoms with Crippen molar-refractivity contribution in [3.05, 3.63) is 28.2 Å². The van der Waals surface area contributed by atoms with E-state index in [1.807, 2.05) is 24.1 Å². The number of nitrogens with one attached hydrogen (secondary N) is 2. The summed E-state index contributed by atoms with van der Waals surface area (Å²) >= 11 is 8.92. The first-order valence-corrected chi connectivity index (χ1v) is 8.24. The third-order valence-corrected chi connectivity index (χ3v) is 4.08. The molecule has 1 aromatic rings. The number of nitrogens with zero attached hydrogens (tertiary/aromatic N) is 1. The van der Waals surface area contributed by atoms with Crippen LogP contribution in [-0.2, 0) is 6.54 Å². The molecular formula is C15H25BrN3OS+. The van der Waals surface area contributed by atoms with Gasteiger partial charge in [-0.25, -0.2) is 0 Å². The fourth-order valence-corrected chi connectivity index (χ4v) is 2.55. The van der Waals surface area contributed by atoms with Crippen LogP contribution in [-0.4, -0.2) is 51.4 Å². The van der Waals surface area contributed by atoms with Crippen LogP contribution in [0.2, 0.25) is 0 Å². The average molecular weight is 375 g/mol. The standard InChI is InChI=1S/C15H24BrN3OS/c1-18(2)9-5-8-17-15(21)19(3)11-12-10-13(16)6-7-14(12)20-4/h6-7,10H,5,8-9,11H2,1-4H3,(H,17,21)/p+1. The van der Waals surface area contributed by atoms with Crippen molar-refractivity contribution in [2.24, 2.45) is 0 Å². The van der Waals surface area contributed by atoms with Crippen molar-refractivity contribution in [3.8, 4) is 5.75 Å². The minimum absolute atomic E-state index is 0.716. The van der Waals surface area contributed by atoms with Gasteiger partial charge in [-0.3, -0.25) is 0 Å². The highest BCUT2D eigenvalue weighted by atomic mass is 79.9. The molecule has 118 valence electrons. The molecule has 0 fully saturated rings. The summed E-state index contributed by atoms with van der Waals surface area (Å²) in [4.78, 5) is 3.48. The first-order valence-electron chi connectivity index (χ1n) is 7.04. The van der Waals surface area contributed by atoms with E-state index in [0.717, 1.165) is 40.4 Å². The maximum absolute atomic E-state index is 5.42. The molecule has 0 saturated heterocycles. The van der Waals surface area contributed by atoms with Crippen LogP contribution in [0.5, 0.6) is 5.75 Å². The number of quaternary nitrogens is 1. The molecule has 21 heavy (non-hydrogen) atoms.